The molecule has 3 aromatic heterocycles. The highest BCUT2D eigenvalue weighted by Crippen LogP contribution is 2.36. The van der Waals surface area contributed by atoms with Crippen molar-refractivity contribution in [3.05, 3.63) is 55.1 Å². The Kier molecular flexibility index (Phi) is 5.11. The Morgan fingerprint density at radius 2 is 2.00 bits per heavy atom. The molecule has 0 radical (unpaired) electrons. The maximum atomic E-state index is 12.2. The van der Waals surface area contributed by atoms with E-state index < -0.39 is 15.6 Å². The van der Waals surface area contributed by atoms with Crippen LogP contribution in [0.3, 0.4) is 0 Å². The molecule has 5 rings (SSSR count). The number of aromatic nitrogens is 4. The van der Waals surface area contributed by atoms with E-state index in [2.05, 4.69) is 26.5 Å². The van der Waals surface area contributed by atoms with Gasteiger partial charge in [0.05, 0.1) is 30.7 Å². The highest BCUT2D eigenvalue weighted by atomic mass is 32.2. The molecular formula is C22H21N7O3S. The van der Waals surface area contributed by atoms with Crippen molar-refractivity contribution in [2.45, 2.75) is 18.9 Å². The normalized spacial score (nSPS) is 15.8. The Morgan fingerprint density at radius 3 is 2.73 bits per heavy atom. The molecule has 0 spiro atoms. The molecule has 4 aromatic rings. The first-order chi connectivity index (χ1) is 15.9. The number of rotatable bonds is 7. The van der Waals surface area contributed by atoms with Gasteiger partial charge >= 0.3 is 0 Å². The van der Waals surface area contributed by atoms with E-state index in [1.54, 1.807) is 36.3 Å². The Balaban J connectivity index is 1.50. The van der Waals surface area contributed by atoms with Crippen LogP contribution in [0.2, 0.25) is 0 Å². The molecule has 1 fully saturated rings. The maximum absolute atomic E-state index is 12.2. The van der Waals surface area contributed by atoms with Crippen molar-refractivity contribution in [3.8, 4) is 17.3 Å². The summed E-state index contributed by atoms with van der Waals surface area (Å²) in [5.74, 6) is 0.433. The van der Waals surface area contributed by atoms with E-state index in [4.69, 9.17) is 4.42 Å². The number of nitrogens with zero attached hydrogens (tertiary/aromatic N) is 6. The van der Waals surface area contributed by atoms with Gasteiger partial charge in [-0.2, -0.15) is 14.7 Å². The second-order valence-electron chi connectivity index (χ2n) is 7.92. The van der Waals surface area contributed by atoms with Gasteiger partial charge in [-0.05, 0) is 19.1 Å². The zero-order valence-electron chi connectivity index (χ0n) is 17.8. The van der Waals surface area contributed by atoms with E-state index in [0.717, 1.165) is 5.69 Å². The number of anilines is 2. The lowest BCUT2D eigenvalue weighted by Crippen LogP contribution is -2.64. The van der Waals surface area contributed by atoms with Crippen molar-refractivity contribution in [3.63, 3.8) is 0 Å². The van der Waals surface area contributed by atoms with Crippen molar-refractivity contribution >= 4 is 32.8 Å². The molecule has 33 heavy (non-hydrogen) atoms. The number of furan rings is 1. The number of para-hydroxylation sites is 1. The van der Waals surface area contributed by atoms with E-state index >= 15 is 0 Å². The Labute approximate surface area is 190 Å². The minimum Gasteiger partial charge on any atom is -0.460 e. The van der Waals surface area contributed by atoms with E-state index in [1.165, 1.54) is 4.31 Å². The fourth-order valence-corrected chi connectivity index (χ4v) is 5.18. The van der Waals surface area contributed by atoms with Gasteiger partial charge in [-0.25, -0.2) is 18.4 Å². The SMILES string of the molecule is CCS(=O)(=O)N1CC(CC#N)(n2cc(-c3nc(Nc4ccccc4)nc4ccoc34)cn2)C1. The number of fused-ring (bicyclic) bond motifs is 1. The summed E-state index contributed by atoms with van der Waals surface area (Å²) in [6.45, 7) is 2.02. The van der Waals surface area contributed by atoms with Gasteiger partial charge in [-0.1, -0.05) is 18.2 Å². The van der Waals surface area contributed by atoms with Gasteiger partial charge in [-0.3, -0.25) is 4.68 Å². The van der Waals surface area contributed by atoms with Gasteiger partial charge in [0.1, 0.15) is 16.7 Å². The summed E-state index contributed by atoms with van der Waals surface area (Å²) in [5, 5.41) is 17.1. The predicted octanol–water partition coefficient (Wildman–Crippen LogP) is 3.10. The number of nitriles is 1. The molecule has 10 nitrogen and oxygen atoms in total. The maximum Gasteiger partial charge on any atom is 0.228 e. The molecule has 168 valence electrons. The van der Waals surface area contributed by atoms with Crippen LogP contribution in [0.1, 0.15) is 13.3 Å². The summed E-state index contributed by atoms with van der Waals surface area (Å²) in [7, 11) is -3.32. The van der Waals surface area contributed by atoms with Crippen LogP contribution in [0.15, 0.2) is 59.5 Å². The van der Waals surface area contributed by atoms with Crippen LogP contribution in [0.25, 0.3) is 22.4 Å². The summed E-state index contributed by atoms with van der Waals surface area (Å²) >= 11 is 0. The first kappa shape index (κ1) is 21.1. The van der Waals surface area contributed by atoms with Crippen molar-refractivity contribution in [1.29, 1.82) is 5.26 Å². The zero-order valence-corrected chi connectivity index (χ0v) is 18.7. The first-order valence-electron chi connectivity index (χ1n) is 10.4. The van der Waals surface area contributed by atoms with Crippen LogP contribution < -0.4 is 5.32 Å². The van der Waals surface area contributed by atoms with E-state index in [1.807, 2.05) is 30.3 Å². The number of benzene rings is 1. The Bertz CT molecular complexity index is 1450. The average Bonchev–Trinajstić information content (AvgIpc) is 3.46. The largest absolute Gasteiger partial charge is 0.460 e. The van der Waals surface area contributed by atoms with Crippen LogP contribution in [-0.4, -0.2) is 51.3 Å². The summed E-state index contributed by atoms with van der Waals surface area (Å²) in [4.78, 5) is 9.17. The molecule has 0 aliphatic carbocycles. The fraction of sp³-hybridized carbons (Fsp3) is 0.273. The lowest BCUT2D eigenvalue weighted by molar-refractivity contribution is 0.0719. The minimum absolute atomic E-state index is 0.0224. The van der Waals surface area contributed by atoms with E-state index in [9.17, 15) is 13.7 Å². The Hall–Kier alpha value is -3.75. The third-order valence-corrected chi connectivity index (χ3v) is 7.56. The molecule has 0 unspecified atom stereocenters. The molecule has 1 aliphatic rings. The lowest BCUT2D eigenvalue weighted by atomic mass is 9.89. The molecule has 0 atom stereocenters. The average molecular weight is 464 g/mol. The number of hydrogen-bond donors (Lipinski definition) is 1. The summed E-state index contributed by atoms with van der Waals surface area (Å²) in [5.41, 5.74) is 2.53. The molecule has 1 aromatic carbocycles. The second-order valence-corrected chi connectivity index (χ2v) is 10.2. The highest BCUT2D eigenvalue weighted by molar-refractivity contribution is 7.89. The highest BCUT2D eigenvalue weighted by Gasteiger charge is 2.49. The minimum atomic E-state index is -3.32. The quantitative estimate of drug-likeness (QED) is 0.442. The van der Waals surface area contributed by atoms with Gasteiger partial charge < -0.3 is 9.73 Å². The lowest BCUT2D eigenvalue weighted by Gasteiger charge is -2.47. The Morgan fingerprint density at radius 1 is 1.21 bits per heavy atom. The third kappa shape index (κ3) is 3.73. The summed E-state index contributed by atoms with van der Waals surface area (Å²) < 4.78 is 33.1. The van der Waals surface area contributed by atoms with Crippen molar-refractivity contribution in [1.82, 2.24) is 24.1 Å². The van der Waals surface area contributed by atoms with Crippen LogP contribution in [0, 0.1) is 11.3 Å². The third-order valence-electron chi connectivity index (χ3n) is 5.78. The molecule has 0 amide bonds. The zero-order chi connectivity index (χ0) is 23.1. The van der Waals surface area contributed by atoms with Gasteiger partial charge in [0.25, 0.3) is 0 Å². The molecule has 0 saturated carbocycles. The molecule has 4 heterocycles. The summed E-state index contributed by atoms with van der Waals surface area (Å²) in [6, 6.07) is 13.5. The van der Waals surface area contributed by atoms with Crippen molar-refractivity contribution in [2.75, 3.05) is 24.2 Å². The van der Waals surface area contributed by atoms with Crippen LogP contribution in [0.4, 0.5) is 11.6 Å². The number of sulfonamides is 1. The van der Waals surface area contributed by atoms with Gasteiger partial charge in [-0.15, -0.1) is 0 Å². The van der Waals surface area contributed by atoms with Gasteiger partial charge in [0, 0.05) is 36.6 Å². The van der Waals surface area contributed by atoms with Crippen LogP contribution >= 0.6 is 0 Å². The van der Waals surface area contributed by atoms with Crippen molar-refractivity contribution < 1.29 is 12.8 Å². The van der Waals surface area contributed by atoms with Crippen LogP contribution in [-0.2, 0) is 15.6 Å². The topological polar surface area (TPSA) is 130 Å². The van der Waals surface area contributed by atoms with E-state index in [-0.39, 0.29) is 25.3 Å². The molecular weight excluding hydrogens is 442 g/mol. The molecule has 1 saturated heterocycles. The molecule has 1 aliphatic heterocycles. The molecule has 1 N–H and O–H groups in total. The van der Waals surface area contributed by atoms with Crippen LogP contribution in [0.5, 0.6) is 0 Å². The standard InChI is InChI=1S/C22H21N7O3S/c1-2-33(30,31)28-14-22(15-28,9-10-23)29-13-16(12-24-29)19-20-18(8-11-32-20)26-21(27-19)25-17-6-4-3-5-7-17/h3-8,11-13H,2,9,14-15H2,1H3,(H,25,26,27). The van der Waals surface area contributed by atoms with Gasteiger partial charge in [0.15, 0.2) is 5.58 Å². The number of hydrogen-bond acceptors (Lipinski definition) is 8. The monoisotopic (exact) mass is 463 g/mol. The second kappa shape index (κ2) is 7.99. The summed E-state index contributed by atoms with van der Waals surface area (Å²) in [6.07, 6.45) is 5.12. The van der Waals surface area contributed by atoms with Crippen molar-refractivity contribution in [2.24, 2.45) is 0 Å². The molecule has 11 heteroatoms. The molecule has 0 bridgehead atoms. The van der Waals surface area contributed by atoms with Gasteiger partial charge in [0.2, 0.25) is 16.0 Å². The predicted molar refractivity (Wildman–Crippen MR) is 122 cm³/mol. The fourth-order valence-electron chi connectivity index (χ4n) is 3.94. The first-order valence-corrected chi connectivity index (χ1v) is 12.0. The van der Waals surface area contributed by atoms with E-state index in [0.29, 0.717) is 28.3 Å². The number of nitrogens with one attached hydrogen (secondary N) is 1. The smallest absolute Gasteiger partial charge is 0.228 e.